The van der Waals surface area contributed by atoms with E-state index in [1.807, 2.05) is 20.8 Å². The first-order chi connectivity index (χ1) is 12.5. The zero-order valence-corrected chi connectivity index (χ0v) is 15.3. The average molecular weight is 377 g/mol. The Kier molecular flexibility index (Phi) is 4.49. The number of aryl methyl sites for hydroxylation is 1. The van der Waals surface area contributed by atoms with Gasteiger partial charge < -0.3 is 0 Å². The van der Waals surface area contributed by atoms with Crippen LogP contribution in [-0.2, 0) is 6.54 Å². The van der Waals surface area contributed by atoms with E-state index in [0.717, 1.165) is 0 Å². The molecule has 0 aliphatic heterocycles. The summed E-state index contributed by atoms with van der Waals surface area (Å²) in [6.45, 7) is 7.84. The molecule has 3 aromatic heterocycles. The number of carbonyl (C=O) groups is 1. The minimum Gasteiger partial charge on any atom is -0.282 e. The summed E-state index contributed by atoms with van der Waals surface area (Å²) in [6, 6.07) is 1.43. The maximum atomic E-state index is 13.0. The minimum atomic E-state index is -5.01. The van der Waals surface area contributed by atoms with Crippen molar-refractivity contribution in [1.29, 1.82) is 0 Å². The Balaban J connectivity index is 2.20. The van der Waals surface area contributed by atoms with E-state index in [4.69, 9.17) is 0 Å². The summed E-state index contributed by atoms with van der Waals surface area (Å²) in [7, 11) is 0. The van der Waals surface area contributed by atoms with Gasteiger partial charge in [0.25, 0.3) is 5.78 Å². The maximum Gasteiger partial charge on any atom is 0.456 e. The van der Waals surface area contributed by atoms with Gasteiger partial charge in [-0.2, -0.15) is 18.3 Å². The van der Waals surface area contributed by atoms with Crippen LogP contribution in [0, 0.1) is 12.3 Å². The van der Waals surface area contributed by atoms with Crippen molar-refractivity contribution in [3.8, 4) is 11.3 Å². The number of hydrogen-bond acceptors (Lipinski definition) is 5. The van der Waals surface area contributed by atoms with Gasteiger partial charge in [0.1, 0.15) is 11.5 Å². The number of rotatable bonds is 3. The molecule has 3 aromatic rings. The summed E-state index contributed by atoms with van der Waals surface area (Å²) < 4.78 is 40.5. The molecule has 0 atom stereocenters. The van der Waals surface area contributed by atoms with Gasteiger partial charge in [-0.15, -0.1) is 0 Å². The number of nitrogens with zero attached hydrogens (tertiary/aromatic N) is 5. The van der Waals surface area contributed by atoms with Crippen molar-refractivity contribution < 1.29 is 18.0 Å². The van der Waals surface area contributed by atoms with E-state index in [-0.39, 0.29) is 10.8 Å². The van der Waals surface area contributed by atoms with Crippen molar-refractivity contribution in [2.45, 2.75) is 40.4 Å². The maximum absolute atomic E-state index is 13.0. The highest BCUT2D eigenvalue weighted by molar-refractivity contribution is 6.09. The first-order valence-electron chi connectivity index (χ1n) is 8.23. The van der Waals surface area contributed by atoms with Gasteiger partial charge in [-0.3, -0.25) is 14.5 Å². The number of hydrogen-bond donors (Lipinski definition) is 0. The van der Waals surface area contributed by atoms with Gasteiger partial charge in [0.05, 0.1) is 17.4 Å². The fourth-order valence-electron chi connectivity index (χ4n) is 2.63. The number of aromatic nitrogens is 5. The molecule has 0 fully saturated rings. The monoisotopic (exact) mass is 377 g/mol. The quantitative estimate of drug-likeness (QED) is 0.646. The molecule has 3 heterocycles. The molecule has 0 aromatic carbocycles. The second-order valence-electron chi connectivity index (χ2n) is 7.50. The van der Waals surface area contributed by atoms with Crippen molar-refractivity contribution in [3.05, 3.63) is 36.2 Å². The van der Waals surface area contributed by atoms with Crippen LogP contribution >= 0.6 is 0 Å². The topological polar surface area (TPSA) is 73.6 Å². The van der Waals surface area contributed by atoms with E-state index in [2.05, 4.69) is 20.1 Å². The predicted octanol–water partition coefficient (Wildman–Crippen LogP) is 3.99. The highest BCUT2D eigenvalue weighted by Gasteiger charge is 2.42. The van der Waals surface area contributed by atoms with E-state index < -0.39 is 17.7 Å². The third-order valence-electron chi connectivity index (χ3n) is 3.81. The van der Waals surface area contributed by atoms with Crippen LogP contribution in [0.2, 0.25) is 0 Å². The van der Waals surface area contributed by atoms with Crippen molar-refractivity contribution in [1.82, 2.24) is 24.7 Å². The summed E-state index contributed by atoms with van der Waals surface area (Å²) >= 11 is 0. The lowest BCUT2D eigenvalue weighted by atomic mass is 9.97. The largest absolute Gasteiger partial charge is 0.456 e. The van der Waals surface area contributed by atoms with E-state index in [1.165, 1.54) is 29.3 Å². The molecule has 0 saturated heterocycles. The molecule has 0 aliphatic carbocycles. The molecule has 0 saturated carbocycles. The average Bonchev–Trinajstić information content (AvgIpc) is 2.90. The molecule has 0 unspecified atom stereocenters. The zero-order valence-electron chi connectivity index (χ0n) is 15.3. The van der Waals surface area contributed by atoms with E-state index in [0.29, 0.717) is 29.1 Å². The van der Waals surface area contributed by atoms with Crippen LogP contribution in [0.25, 0.3) is 22.2 Å². The highest BCUT2D eigenvalue weighted by atomic mass is 19.4. The standard InChI is InChI=1S/C18H18F3N5O/c1-10-22-6-11(7-23-10)13-5-12-14(8-24-13)26(9-17(2,3)4)25-15(12)16(27)18(19,20)21/h5-8H,9H2,1-4H3. The third-order valence-corrected chi connectivity index (χ3v) is 3.81. The smallest absolute Gasteiger partial charge is 0.282 e. The van der Waals surface area contributed by atoms with Crippen molar-refractivity contribution >= 4 is 16.7 Å². The lowest BCUT2D eigenvalue weighted by Crippen LogP contribution is -2.24. The molecule has 0 amide bonds. The van der Waals surface area contributed by atoms with Gasteiger partial charge >= 0.3 is 6.18 Å². The van der Waals surface area contributed by atoms with Crippen LogP contribution in [0.4, 0.5) is 13.2 Å². The highest BCUT2D eigenvalue weighted by Crippen LogP contribution is 2.30. The lowest BCUT2D eigenvalue weighted by molar-refractivity contribution is -0.0887. The molecular weight excluding hydrogens is 359 g/mol. The van der Waals surface area contributed by atoms with Crippen LogP contribution in [0.15, 0.2) is 24.7 Å². The van der Waals surface area contributed by atoms with Crippen LogP contribution in [-0.4, -0.2) is 36.7 Å². The molecular formula is C18H18F3N5O. The molecule has 0 N–H and O–H groups in total. The molecule has 6 nitrogen and oxygen atoms in total. The molecule has 0 radical (unpaired) electrons. The Bertz CT molecular complexity index is 1000. The molecule has 0 aliphatic rings. The Hall–Kier alpha value is -2.84. The molecule has 0 spiro atoms. The van der Waals surface area contributed by atoms with Gasteiger partial charge in [0.15, 0.2) is 0 Å². The predicted molar refractivity (Wildman–Crippen MR) is 93.1 cm³/mol. The van der Waals surface area contributed by atoms with Crippen LogP contribution in [0.5, 0.6) is 0 Å². The van der Waals surface area contributed by atoms with E-state index in [9.17, 15) is 18.0 Å². The molecule has 27 heavy (non-hydrogen) atoms. The number of pyridine rings is 1. The Morgan fingerprint density at radius 2 is 1.70 bits per heavy atom. The fraction of sp³-hybridized carbons (Fsp3) is 0.389. The number of fused-ring (bicyclic) bond motifs is 1. The zero-order chi connectivity index (χ0) is 20.0. The third kappa shape index (κ3) is 3.96. The second-order valence-corrected chi connectivity index (χ2v) is 7.50. The fourth-order valence-corrected chi connectivity index (χ4v) is 2.63. The van der Waals surface area contributed by atoms with Crippen molar-refractivity contribution in [2.24, 2.45) is 5.41 Å². The summed E-state index contributed by atoms with van der Waals surface area (Å²) in [6.07, 6.45) is -0.524. The minimum absolute atomic E-state index is 0.104. The Labute approximate surface area is 153 Å². The number of Topliss-reactive ketones (excluding diaryl/α,β-unsaturated/α-hetero) is 1. The molecule has 9 heteroatoms. The first-order valence-corrected chi connectivity index (χ1v) is 8.23. The molecule has 3 rings (SSSR count). The summed E-state index contributed by atoms with van der Waals surface area (Å²) in [5.41, 5.74) is 0.402. The summed E-state index contributed by atoms with van der Waals surface area (Å²) in [5, 5.41) is 4.07. The van der Waals surface area contributed by atoms with Crippen molar-refractivity contribution in [2.75, 3.05) is 0 Å². The Morgan fingerprint density at radius 3 is 2.26 bits per heavy atom. The second kappa shape index (κ2) is 6.40. The van der Waals surface area contributed by atoms with Gasteiger partial charge in [-0.05, 0) is 18.4 Å². The normalized spacial score (nSPS) is 12.6. The lowest BCUT2D eigenvalue weighted by Gasteiger charge is -2.18. The summed E-state index contributed by atoms with van der Waals surface area (Å²) in [5.74, 6) is -1.41. The van der Waals surface area contributed by atoms with Crippen molar-refractivity contribution in [3.63, 3.8) is 0 Å². The van der Waals surface area contributed by atoms with Gasteiger partial charge in [0, 0.05) is 29.9 Å². The molecule has 142 valence electrons. The molecule has 0 bridgehead atoms. The van der Waals surface area contributed by atoms with Gasteiger partial charge in [-0.1, -0.05) is 20.8 Å². The van der Waals surface area contributed by atoms with Crippen LogP contribution in [0.3, 0.4) is 0 Å². The Morgan fingerprint density at radius 1 is 1.07 bits per heavy atom. The number of halogens is 3. The number of carbonyl (C=O) groups excluding carboxylic acids is 1. The van der Waals surface area contributed by atoms with Gasteiger partial charge in [-0.25, -0.2) is 9.97 Å². The number of ketones is 1. The van der Waals surface area contributed by atoms with Gasteiger partial charge in [0.2, 0.25) is 0 Å². The summed E-state index contributed by atoms with van der Waals surface area (Å²) in [4.78, 5) is 24.3. The SMILES string of the molecule is Cc1ncc(-c2cc3c(C(=O)C(F)(F)F)nn(CC(C)(C)C)c3cn2)cn1. The first kappa shape index (κ1) is 18.9. The van der Waals surface area contributed by atoms with E-state index in [1.54, 1.807) is 6.92 Å². The van der Waals surface area contributed by atoms with Crippen LogP contribution < -0.4 is 0 Å². The van der Waals surface area contributed by atoms with E-state index >= 15 is 0 Å². The van der Waals surface area contributed by atoms with Crippen LogP contribution in [0.1, 0.15) is 37.1 Å². The number of alkyl halides is 3.